The normalized spacial score (nSPS) is 10.1. The van der Waals surface area contributed by atoms with E-state index >= 15 is 0 Å². The highest BCUT2D eigenvalue weighted by molar-refractivity contribution is 5.30. The van der Waals surface area contributed by atoms with Crippen LogP contribution in [0.5, 0.6) is 11.5 Å². The highest BCUT2D eigenvalue weighted by atomic mass is 16.5. The van der Waals surface area contributed by atoms with E-state index in [9.17, 15) is 0 Å². The quantitative estimate of drug-likeness (QED) is 0.803. The van der Waals surface area contributed by atoms with Crippen LogP contribution in [0.3, 0.4) is 0 Å². The number of nitrogens with zero attached hydrogens (tertiary/aromatic N) is 1. The van der Waals surface area contributed by atoms with E-state index in [1.54, 1.807) is 0 Å². The van der Waals surface area contributed by atoms with Gasteiger partial charge in [0.05, 0.1) is 0 Å². The van der Waals surface area contributed by atoms with Gasteiger partial charge in [0.15, 0.2) is 12.0 Å². The lowest BCUT2D eigenvalue weighted by Crippen LogP contribution is -1.95. The summed E-state index contributed by atoms with van der Waals surface area (Å²) in [5.41, 5.74) is 6.54. The van der Waals surface area contributed by atoms with Gasteiger partial charge in [0, 0.05) is 6.54 Å². The molecule has 0 aliphatic heterocycles. The second-order valence-electron chi connectivity index (χ2n) is 2.81. The molecule has 1 aromatic carbocycles. The molecule has 0 saturated carbocycles. The third-order valence-corrected chi connectivity index (χ3v) is 1.80. The summed E-state index contributed by atoms with van der Waals surface area (Å²) < 4.78 is 10.1. The van der Waals surface area contributed by atoms with Crippen molar-refractivity contribution < 1.29 is 9.26 Å². The van der Waals surface area contributed by atoms with Crippen LogP contribution in [0.15, 0.2) is 41.2 Å². The lowest BCUT2D eigenvalue weighted by Gasteiger charge is -2.02. The summed E-state index contributed by atoms with van der Waals surface area (Å²) >= 11 is 0. The predicted molar refractivity (Wildman–Crippen MR) is 50.9 cm³/mol. The summed E-state index contributed by atoms with van der Waals surface area (Å²) in [7, 11) is 0. The van der Waals surface area contributed by atoms with E-state index in [1.807, 2.05) is 24.3 Å². The number of benzene rings is 1. The lowest BCUT2D eigenvalue weighted by atomic mass is 10.2. The molecule has 0 bridgehead atoms. The van der Waals surface area contributed by atoms with Crippen molar-refractivity contribution in [2.75, 3.05) is 0 Å². The minimum atomic E-state index is 0.535. The fraction of sp³-hybridized carbons (Fsp3) is 0.100. The number of hydrogen-bond donors (Lipinski definition) is 1. The molecule has 4 heteroatoms. The number of nitrogens with two attached hydrogens (primary N) is 1. The van der Waals surface area contributed by atoms with Gasteiger partial charge in [-0.3, -0.25) is 0 Å². The molecule has 0 aliphatic rings. The van der Waals surface area contributed by atoms with E-state index in [0.717, 1.165) is 11.3 Å². The van der Waals surface area contributed by atoms with Crippen molar-refractivity contribution in [3.63, 3.8) is 0 Å². The molecule has 72 valence electrons. The predicted octanol–water partition coefficient (Wildman–Crippen LogP) is 1.93. The van der Waals surface area contributed by atoms with Gasteiger partial charge in [0.1, 0.15) is 11.9 Å². The van der Waals surface area contributed by atoms with Crippen molar-refractivity contribution in [2.24, 2.45) is 5.73 Å². The first kappa shape index (κ1) is 8.77. The van der Waals surface area contributed by atoms with Gasteiger partial charge in [-0.25, -0.2) is 0 Å². The molecule has 0 fully saturated rings. The Bertz CT molecular complexity index is 381. The van der Waals surface area contributed by atoms with Crippen LogP contribution in [0.2, 0.25) is 0 Å². The van der Waals surface area contributed by atoms with Gasteiger partial charge < -0.3 is 15.0 Å². The van der Waals surface area contributed by atoms with Crippen molar-refractivity contribution in [3.05, 3.63) is 42.3 Å². The Morgan fingerprint density at radius 2 is 2.00 bits per heavy atom. The lowest BCUT2D eigenvalue weighted by molar-refractivity contribution is 0.410. The average molecular weight is 190 g/mol. The van der Waals surface area contributed by atoms with E-state index in [4.69, 9.17) is 10.5 Å². The average Bonchev–Trinajstić information content (AvgIpc) is 2.72. The largest absolute Gasteiger partial charge is 0.452 e. The van der Waals surface area contributed by atoms with Crippen molar-refractivity contribution in [1.29, 1.82) is 0 Å². The highest BCUT2D eigenvalue weighted by Crippen LogP contribution is 2.20. The molecule has 2 aromatic rings. The second-order valence-corrected chi connectivity index (χ2v) is 2.81. The second kappa shape index (κ2) is 3.93. The maximum Gasteiger partial charge on any atom is 0.186 e. The van der Waals surface area contributed by atoms with Crippen LogP contribution in [0.25, 0.3) is 0 Å². The maximum atomic E-state index is 5.47. The van der Waals surface area contributed by atoms with E-state index in [-0.39, 0.29) is 0 Å². The Morgan fingerprint density at radius 3 is 2.57 bits per heavy atom. The monoisotopic (exact) mass is 190 g/mol. The molecule has 0 spiro atoms. The number of ether oxygens (including phenoxy) is 1. The molecule has 0 atom stereocenters. The number of rotatable bonds is 3. The number of hydrogen-bond acceptors (Lipinski definition) is 4. The van der Waals surface area contributed by atoms with Crippen molar-refractivity contribution in [2.45, 2.75) is 6.54 Å². The molecular formula is C10H10N2O2. The van der Waals surface area contributed by atoms with E-state index < -0.39 is 0 Å². The fourth-order valence-electron chi connectivity index (χ4n) is 1.08. The summed E-state index contributed by atoms with van der Waals surface area (Å²) in [6.07, 6.45) is 2.95. The summed E-state index contributed by atoms with van der Waals surface area (Å²) in [5, 5.41) is 3.53. The minimum Gasteiger partial charge on any atom is -0.452 e. The molecular weight excluding hydrogens is 180 g/mol. The van der Waals surface area contributed by atoms with Crippen molar-refractivity contribution >= 4 is 0 Å². The van der Waals surface area contributed by atoms with Gasteiger partial charge in [0.25, 0.3) is 0 Å². The van der Waals surface area contributed by atoms with Crippen LogP contribution in [0.1, 0.15) is 5.56 Å². The van der Waals surface area contributed by atoms with Crippen molar-refractivity contribution in [1.82, 2.24) is 5.16 Å². The van der Waals surface area contributed by atoms with Gasteiger partial charge in [-0.05, 0) is 17.7 Å². The van der Waals surface area contributed by atoms with Crippen LogP contribution >= 0.6 is 0 Å². The fourth-order valence-corrected chi connectivity index (χ4v) is 1.08. The van der Waals surface area contributed by atoms with Gasteiger partial charge in [0.2, 0.25) is 0 Å². The molecule has 4 nitrogen and oxygen atoms in total. The highest BCUT2D eigenvalue weighted by Gasteiger charge is 1.98. The zero-order valence-electron chi connectivity index (χ0n) is 7.51. The maximum absolute atomic E-state index is 5.47. The molecule has 0 amide bonds. The van der Waals surface area contributed by atoms with E-state index in [2.05, 4.69) is 9.68 Å². The Hall–Kier alpha value is -1.81. The van der Waals surface area contributed by atoms with Gasteiger partial charge in [-0.1, -0.05) is 17.3 Å². The smallest absolute Gasteiger partial charge is 0.186 e. The third-order valence-electron chi connectivity index (χ3n) is 1.80. The van der Waals surface area contributed by atoms with E-state index in [1.165, 1.54) is 12.5 Å². The Kier molecular flexibility index (Phi) is 2.46. The first-order chi connectivity index (χ1) is 6.88. The standard InChI is InChI=1S/C10H10N2O2/c11-5-8-1-3-9(4-2-8)14-10-6-12-13-7-10/h1-4,6-7H,5,11H2. The summed E-state index contributed by atoms with van der Waals surface area (Å²) in [6.45, 7) is 0.535. The zero-order valence-corrected chi connectivity index (χ0v) is 7.51. The molecule has 0 aliphatic carbocycles. The Labute approximate surface area is 81.3 Å². The Balaban J connectivity index is 2.10. The minimum absolute atomic E-state index is 0.535. The van der Waals surface area contributed by atoms with E-state index in [0.29, 0.717) is 12.3 Å². The first-order valence-corrected chi connectivity index (χ1v) is 4.25. The van der Waals surface area contributed by atoms with Gasteiger partial charge >= 0.3 is 0 Å². The third kappa shape index (κ3) is 1.92. The van der Waals surface area contributed by atoms with Gasteiger partial charge in [-0.15, -0.1) is 0 Å². The molecule has 0 saturated heterocycles. The van der Waals surface area contributed by atoms with Crippen LogP contribution in [0.4, 0.5) is 0 Å². The molecule has 2 rings (SSSR count). The summed E-state index contributed by atoms with van der Waals surface area (Å²) in [6, 6.07) is 7.55. The molecule has 14 heavy (non-hydrogen) atoms. The number of aromatic nitrogens is 1. The summed E-state index contributed by atoms with van der Waals surface area (Å²) in [5.74, 6) is 1.33. The van der Waals surface area contributed by atoms with Crippen LogP contribution in [0, 0.1) is 0 Å². The molecule has 2 N–H and O–H groups in total. The van der Waals surface area contributed by atoms with Crippen LogP contribution in [-0.2, 0) is 6.54 Å². The van der Waals surface area contributed by atoms with Crippen molar-refractivity contribution in [3.8, 4) is 11.5 Å². The van der Waals surface area contributed by atoms with Crippen LogP contribution in [-0.4, -0.2) is 5.16 Å². The molecule has 0 unspecified atom stereocenters. The first-order valence-electron chi connectivity index (χ1n) is 4.25. The molecule has 0 radical (unpaired) electrons. The van der Waals surface area contributed by atoms with Gasteiger partial charge in [-0.2, -0.15) is 0 Å². The van der Waals surface area contributed by atoms with Crippen LogP contribution < -0.4 is 10.5 Å². The Morgan fingerprint density at radius 1 is 1.21 bits per heavy atom. The summed E-state index contributed by atoms with van der Waals surface area (Å²) in [4.78, 5) is 0. The molecule has 1 heterocycles. The zero-order chi connectivity index (χ0) is 9.80. The molecule has 1 aromatic heterocycles. The topological polar surface area (TPSA) is 61.3 Å². The SMILES string of the molecule is NCc1ccc(Oc2cnoc2)cc1.